The average molecular weight is 519 g/mol. The molecule has 1 fully saturated rings. The Morgan fingerprint density at radius 3 is 2.51 bits per heavy atom. The second-order valence-corrected chi connectivity index (χ2v) is 9.42. The van der Waals surface area contributed by atoms with Crippen LogP contribution in [0.4, 0.5) is 5.69 Å². The fraction of sp³-hybridized carbons (Fsp3) is 0.345. The van der Waals surface area contributed by atoms with Gasteiger partial charge in [-0.2, -0.15) is 0 Å². The van der Waals surface area contributed by atoms with Crippen LogP contribution in [0.3, 0.4) is 0 Å². The molecule has 3 aromatic rings. The van der Waals surface area contributed by atoms with E-state index in [1.54, 1.807) is 7.11 Å². The lowest BCUT2D eigenvalue weighted by molar-refractivity contribution is 0.0948. The predicted octanol–water partition coefficient (Wildman–Crippen LogP) is 5.30. The summed E-state index contributed by atoms with van der Waals surface area (Å²) in [6, 6.07) is 19.3. The number of anilines is 1. The Morgan fingerprint density at radius 2 is 1.81 bits per heavy atom. The Kier molecular flexibility index (Phi) is 8.95. The zero-order valence-electron chi connectivity index (χ0n) is 21.6. The first-order valence-electron chi connectivity index (χ1n) is 12.6. The molecule has 0 atom stereocenters. The highest BCUT2D eigenvalue weighted by atomic mass is 32.1. The van der Waals surface area contributed by atoms with Gasteiger partial charge in [0.25, 0.3) is 5.91 Å². The van der Waals surface area contributed by atoms with E-state index in [1.165, 1.54) is 0 Å². The molecule has 1 aliphatic heterocycles. The second kappa shape index (κ2) is 12.5. The number of benzene rings is 2. The van der Waals surface area contributed by atoms with Crippen LogP contribution in [0, 0.1) is 6.92 Å². The van der Waals surface area contributed by atoms with Gasteiger partial charge in [-0.3, -0.25) is 9.78 Å². The van der Waals surface area contributed by atoms with Gasteiger partial charge in [0.05, 0.1) is 25.0 Å². The largest absolute Gasteiger partial charge is 0.497 e. The molecule has 37 heavy (non-hydrogen) atoms. The number of hydrogen-bond acceptors (Lipinski definition) is 5. The fourth-order valence-corrected chi connectivity index (χ4v) is 4.83. The Labute approximate surface area is 224 Å². The molecular formula is C29H34N4O3S. The van der Waals surface area contributed by atoms with Gasteiger partial charge in [-0.1, -0.05) is 18.2 Å². The standard InChI is InChI=1S/C29H34N4O3S/c1-4-36-26-8-6-5-7-22(26)19-30-28(34)25-14-9-20(2)31-27(25)21-15-17-33(18-16-21)29(37)32-23-10-12-24(35-3)13-11-23/h5-14,21H,4,15-19H2,1-3H3,(H,30,34)(H,32,37). The predicted molar refractivity (Wildman–Crippen MR) is 151 cm³/mol. The molecule has 8 heteroatoms. The van der Waals surface area contributed by atoms with Crippen molar-refractivity contribution in [2.75, 3.05) is 32.1 Å². The number of nitrogens with zero attached hydrogens (tertiary/aromatic N) is 2. The Hall–Kier alpha value is -3.65. The molecule has 2 N–H and O–H groups in total. The summed E-state index contributed by atoms with van der Waals surface area (Å²) < 4.78 is 10.9. The Bertz CT molecular complexity index is 1220. The third-order valence-corrected chi connectivity index (χ3v) is 6.89. The first kappa shape index (κ1) is 26.4. The van der Waals surface area contributed by atoms with Crippen molar-refractivity contribution in [2.45, 2.75) is 39.2 Å². The number of piperidine rings is 1. The highest BCUT2D eigenvalue weighted by molar-refractivity contribution is 7.80. The van der Waals surface area contributed by atoms with Crippen molar-refractivity contribution in [2.24, 2.45) is 0 Å². The van der Waals surface area contributed by atoms with E-state index < -0.39 is 0 Å². The minimum Gasteiger partial charge on any atom is -0.497 e. The van der Waals surface area contributed by atoms with Crippen LogP contribution in [0.15, 0.2) is 60.7 Å². The number of pyridine rings is 1. The van der Waals surface area contributed by atoms with Crippen molar-refractivity contribution < 1.29 is 14.3 Å². The highest BCUT2D eigenvalue weighted by Gasteiger charge is 2.27. The summed E-state index contributed by atoms with van der Waals surface area (Å²) in [4.78, 5) is 20.2. The van der Waals surface area contributed by atoms with E-state index in [0.29, 0.717) is 23.8 Å². The lowest BCUT2D eigenvalue weighted by Crippen LogP contribution is -2.40. The van der Waals surface area contributed by atoms with E-state index >= 15 is 0 Å². The van der Waals surface area contributed by atoms with Crippen LogP contribution in [-0.2, 0) is 6.54 Å². The fourth-order valence-electron chi connectivity index (χ4n) is 4.53. The monoisotopic (exact) mass is 518 g/mol. The SMILES string of the molecule is CCOc1ccccc1CNC(=O)c1ccc(C)nc1C1CCN(C(=S)Nc2ccc(OC)cc2)CC1. The molecule has 0 unspecified atom stereocenters. The molecule has 2 aromatic carbocycles. The average Bonchev–Trinajstić information content (AvgIpc) is 2.93. The van der Waals surface area contributed by atoms with E-state index in [2.05, 4.69) is 15.5 Å². The zero-order chi connectivity index (χ0) is 26.2. The third-order valence-electron chi connectivity index (χ3n) is 6.53. The van der Waals surface area contributed by atoms with Crippen molar-refractivity contribution in [1.82, 2.24) is 15.2 Å². The van der Waals surface area contributed by atoms with Crippen LogP contribution >= 0.6 is 12.2 Å². The number of methoxy groups -OCH3 is 1. The number of para-hydroxylation sites is 1. The van der Waals surface area contributed by atoms with Crippen molar-refractivity contribution in [3.63, 3.8) is 0 Å². The van der Waals surface area contributed by atoms with Crippen molar-refractivity contribution >= 4 is 28.9 Å². The quantitative estimate of drug-likeness (QED) is 0.392. The maximum Gasteiger partial charge on any atom is 0.253 e. The number of rotatable bonds is 8. The van der Waals surface area contributed by atoms with E-state index in [9.17, 15) is 4.79 Å². The molecule has 194 valence electrons. The number of ether oxygens (including phenoxy) is 2. The summed E-state index contributed by atoms with van der Waals surface area (Å²) in [7, 11) is 1.65. The van der Waals surface area contributed by atoms with Gasteiger partial charge in [-0.15, -0.1) is 0 Å². The molecule has 2 heterocycles. The molecule has 1 amide bonds. The maximum absolute atomic E-state index is 13.2. The Balaban J connectivity index is 1.39. The molecule has 0 bridgehead atoms. The van der Waals surface area contributed by atoms with E-state index in [0.717, 1.165) is 60.1 Å². The molecule has 1 aromatic heterocycles. The highest BCUT2D eigenvalue weighted by Crippen LogP contribution is 2.30. The number of thiocarbonyl (C=S) groups is 1. The molecule has 0 aliphatic carbocycles. The minimum atomic E-state index is -0.118. The van der Waals surface area contributed by atoms with Crippen LogP contribution in [0.5, 0.6) is 11.5 Å². The molecule has 0 spiro atoms. The summed E-state index contributed by atoms with van der Waals surface area (Å²) in [5.74, 6) is 1.67. The molecular weight excluding hydrogens is 484 g/mol. The number of carbonyl (C=O) groups excluding carboxylic acids is 1. The van der Waals surface area contributed by atoms with Gasteiger partial charge in [-0.05, 0) is 81.4 Å². The van der Waals surface area contributed by atoms with Gasteiger partial charge < -0.3 is 25.0 Å². The number of carbonyl (C=O) groups is 1. The number of aromatic nitrogens is 1. The van der Waals surface area contributed by atoms with Crippen molar-refractivity contribution in [3.05, 3.63) is 83.2 Å². The zero-order valence-corrected chi connectivity index (χ0v) is 22.4. The van der Waals surface area contributed by atoms with Crippen LogP contribution < -0.4 is 20.1 Å². The number of nitrogens with one attached hydrogen (secondary N) is 2. The number of likely N-dealkylation sites (tertiary alicyclic amines) is 1. The smallest absolute Gasteiger partial charge is 0.253 e. The summed E-state index contributed by atoms with van der Waals surface area (Å²) in [5, 5.41) is 7.08. The molecule has 1 aliphatic rings. The Morgan fingerprint density at radius 1 is 1.08 bits per heavy atom. The van der Waals surface area contributed by atoms with Crippen LogP contribution in [-0.4, -0.2) is 47.7 Å². The van der Waals surface area contributed by atoms with Gasteiger partial charge in [-0.25, -0.2) is 0 Å². The summed E-state index contributed by atoms with van der Waals surface area (Å²) in [5.41, 5.74) is 4.29. The molecule has 1 saturated heterocycles. The van der Waals surface area contributed by atoms with Gasteiger partial charge in [0.2, 0.25) is 0 Å². The van der Waals surface area contributed by atoms with Gasteiger partial charge in [0.1, 0.15) is 11.5 Å². The number of amides is 1. The van der Waals surface area contributed by atoms with E-state index in [-0.39, 0.29) is 11.8 Å². The topological polar surface area (TPSA) is 75.7 Å². The van der Waals surface area contributed by atoms with Crippen molar-refractivity contribution in [1.29, 1.82) is 0 Å². The molecule has 0 radical (unpaired) electrons. The summed E-state index contributed by atoms with van der Waals surface area (Å²) >= 11 is 5.66. The first-order chi connectivity index (χ1) is 18.0. The summed E-state index contributed by atoms with van der Waals surface area (Å²) in [6.07, 6.45) is 1.74. The van der Waals surface area contributed by atoms with Crippen LogP contribution in [0.25, 0.3) is 0 Å². The van der Waals surface area contributed by atoms with Gasteiger partial charge >= 0.3 is 0 Å². The van der Waals surface area contributed by atoms with E-state index in [1.807, 2.05) is 74.5 Å². The lowest BCUT2D eigenvalue weighted by atomic mass is 9.90. The van der Waals surface area contributed by atoms with Crippen molar-refractivity contribution in [3.8, 4) is 11.5 Å². The van der Waals surface area contributed by atoms with Gasteiger partial charge in [0.15, 0.2) is 5.11 Å². The number of aryl methyl sites for hydroxylation is 1. The number of hydrogen-bond donors (Lipinski definition) is 2. The molecule has 4 rings (SSSR count). The first-order valence-corrected chi connectivity index (χ1v) is 13.1. The molecule has 7 nitrogen and oxygen atoms in total. The lowest BCUT2D eigenvalue weighted by Gasteiger charge is -2.34. The minimum absolute atomic E-state index is 0.118. The molecule has 0 saturated carbocycles. The third kappa shape index (κ3) is 6.77. The van der Waals surface area contributed by atoms with Gasteiger partial charge in [0, 0.05) is 42.5 Å². The second-order valence-electron chi connectivity index (χ2n) is 9.03. The normalized spacial score (nSPS) is 13.6. The van der Waals surface area contributed by atoms with Crippen LogP contribution in [0.2, 0.25) is 0 Å². The maximum atomic E-state index is 13.2. The summed E-state index contributed by atoms with van der Waals surface area (Å²) in [6.45, 7) is 6.48. The van der Waals surface area contributed by atoms with Crippen LogP contribution in [0.1, 0.15) is 53.0 Å². The van der Waals surface area contributed by atoms with E-state index in [4.69, 9.17) is 26.7 Å².